The van der Waals surface area contributed by atoms with Gasteiger partial charge in [0.25, 0.3) is 5.56 Å². The van der Waals surface area contributed by atoms with Gasteiger partial charge in [0, 0.05) is 54.4 Å². The Kier molecular flexibility index (Phi) is 5.67. The third kappa shape index (κ3) is 4.44. The highest BCUT2D eigenvalue weighted by molar-refractivity contribution is 5.77. The highest BCUT2D eigenvalue weighted by Crippen LogP contribution is 2.30. The van der Waals surface area contributed by atoms with Crippen LogP contribution in [0.3, 0.4) is 0 Å². The standard InChI is InChI=1S/C29H35N7O/c1-18(2)35-27(37)24-17-31-28(33-26(24)36(35)23-10-11-30-25(16-23)29(3,4)5)32-21-8-6-20-15-22(34-12-13-34)9-7-19(20)14-21/h6,8,10-11,14,16-18,22H,7,9,12-13,15H2,1-5H3,(H,31,32,33). The van der Waals surface area contributed by atoms with E-state index in [1.165, 1.54) is 30.6 Å². The molecule has 1 aromatic carbocycles. The normalized spacial score (nSPS) is 17.8. The minimum Gasteiger partial charge on any atom is -0.324 e. The van der Waals surface area contributed by atoms with Gasteiger partial charge in [0.05, 0.1) is 5.69 Å². The topological polar surface area (TPSA) is 80.6 Å². The summed E-state index contributed by atoms with van der Waals surface area (Å²) in [4.78, 5) is 29.9. The van der Waals surface area contributed by atoms with Gasteiger partial charge in [0.2, 0.25) is 5.95 Å². The van der Waals surface area contributed by atoms with Crippen LogP contribution < -0.4 is 10.9 Å². The molecule has 1 aliphatic carbocycles. The molecule has 1 saturated heterocycles. The minimum atomic E-state index is -0.119. The van der Waals surface area contributed by atoms with Crippen molar-refractivity contribution in [1.82, 2.24) is 29.2 Å². The molecule has 0 amide bonds. The number of aromatic nitrogens is 5. The van der Waals surface area contributed by atoms with Crippen molar-refractivity contribution in [2.24, 2.45) is 0 Å². The summed E-state index contributed by atoms with van der Waals surface area (Å²) >= 11 is 0. The molecule has 0 saturated carbocycles. The third-order valence-corrected chi connectivity index (χ3v) is 7.53. The second kappa shape index (κ2) is 8.80. The van der Waals surface area contributed by atoms with Crippen molar-refractivity contribution >= 4 is 22.7 Å². The number of pyridine rings is 1. The lowest BCUT2D eigenvalue weighted by Crippen LogP contribution is -2.26. The highest BCUT2D eigenvalue weighted by atomic mass is 16.1. The van der Waals surface area contributed by atoms with Crippen LogP contribution in [0.1, 0.15) is 63.9 Å². The quantitative estimate of drug-likeness (QED) is 0.400. The smallest absolute Gasteiger partial charge is 0.278 e. The largest absolute Gasteiger partial charge is 0.324 e. The summed E-state index contributed by atoms with van der Waals surface area (Å²) in [6.45, 7) is 12.9. The van der Waals surface area contributed by atoms with Gasteiger partial charge in [0.15, 0.2) is 5.65 Å². The Bertz CT molecular complexity index is 1540. The lowest BCUT2D eigenvalue weighted by atomic mass is 9.88. The summed E-state index contributed by atoms with van der Waals surface area (Å²) in [5.41, 5.74) is 6.00. The van der Waals surface area contributed by atoms with E-state index in [0.29, 0.717) is 23.0 Å². The van der Waals surface area contributed by atoms with Gasteiger partial charge in [-0.15, -0.1) is 0 Å². The molecule has 192 valence electrons. The maximum absolute atomic E-state index is 13.4. The second-order valence-corrected chi connectivity index (χ2v) is 11.7. The van der Waals surface area contributed by atoms with Crippen molar-refractivity contribution in [2.45, 2.75) is 71.4 Å². The number of nitrogens with one attached hydrogen (secondary N) is 1. The Balaban J connectivity index is 1.39. The van der Waals surface area contributed by atoms with E-state index in [2.05, 4.69) is 59.2 Å². The van der Waals surface area contributed by atoms with E-state index in [4.69, 9.17) is 4.98 Å². The second-order valence-electron chi connectivity index (χ2n) is 11.7. The molecule has 4 heterocycles. The van der Waals surface area contributed by atoms with Crippen LogP contribution in [-0.2, 0) is 18.3 Å². The summed E-state index contributed by atoms with van der Waals surface area (Å²) in [5.74, 6) is 0.477. The van der Waals surface area contributed by atoms with Gasteiger partial charge >= 0.3 is 0 Å². The van der Waals surface area contributed by atoms with Crippen molar-refractivity contribution in [3.05, 3.63) is 69.9 Å². The van der Waals surface area contributed by atoms with Crippen LogP contribution in [0.5, 0.6) is 0 Å². The van der Waals surface area contributed by atoms with Gasteiger partial charge in [-0.05, 0) is 68.5 Å². The van der Waals surface area contributed by atoms with E-state index >= 15 is 0 Å². The van der Waals surface area contributed by atoms with E-state index in [-0.39, 0.29) is 17.0 Å². The number of hydrogen-bond acceptors (Lipinski definition) is 6. The van der Waals surface area contributed by atoms with E-state index in [0.717, 1.165) is 29.9 Å². The van der Waals surface area contributed by atoms with Gasteiger partial charge in [-0.2, -0.15) is 4.98 Å². The van der Waals surface area contributed by atoms with Gasteiger partial charge in [0.1, 0.15) is 5.39 Å². The molecule has 37 heavy (non-hydrogen) atoms. The fourth-order valence-corrected chi connectivity index (χ4v) is 5.41. The zero-order valence-electron chi connectivity index (χ0n) is 22.3. The first-order valence-corrected chi connectivity index (χ1v) is 13.3. The Morgan fingerprint density at radius 2 is 1.86 bits per heavy atom. The molecule has 1 aliphatic heterocycles. The number of anilines is 2. The molecular formula is C29H35N7O. The Morgan fingerprint density at radius 3 is 2.59 bits per heavy atom. The van der Waals surface area contributed by atoms with Crippen LogP contribution in [0.15, 0.2) is 47.5 Å². The monoisotopic (exact) mass is 497 g/mol. The molecule has 0 spiro atoms. The van der Waals surface area contributed by atoms with Crippen LogP contribution in [0.4, 0.5) is 11.6 Å². The summed E-state index contributed by atoms with van der Waals surface area (Å²) in [5, 5.41) is 3.90. The molecule has 3 aromatic heterocycles. The van der Waals surface area contributed by atoms with E-state index in [1.54, 1.807) is 17.1 Å². The average Bonchev–Trinajstić information content (AvgIpc) is 3.67. The first-order valence-electron chi connectivity index (χ1n) is 13.3. The number of hydrogen-bond donors (Lipinski definition) is 1. The molecule has 1 fully saturated rings. The molecule has 2 aliphatic rings. The first-order chi connectivity index (χ1) is 17.7. The van der Waals surface area contributed by atoms with Crippen LogP contribution in [0.25, 0.3) is 16.7 Å². The van der Waals surface area contributed by atoms with Crippen molar-refractivity contribution in [2.75, 3.05) is 18.4 Å². The molecule has 0 radical (unpaired) electrons. The first kappa shape index (κ1) is 23.9. The zero-order chi connectivity index (χ0) is 25.9. The fourth-order valence-electron chi connectivity index (χ4n) is 5.41. The maximum Gasteiger partial charge on any atom is 0.278 e. The summed E-state index contributed by atoms with van der Waals surface area (Å²) in [7, 11) is 0. The van der Waals surface area contributed by atoms with Crippen molar-refractivity contribution in [3.63, 3.8) is 0 Å². The molecule has 0 bridgehead atoms. The highest BCUT2D eigenvalue weighted by Gasteiger charge is 2.30. The van der Waals surface area contributed by atoms with Crippen LogP contribution in [-0.4, -0.2) is 48.3 Å². The molecule has 6 rings (SSSR count). The van der Waals surface area contributed by atoms with Crippen LogP contribution in [0, 0.1) is 0 Å². The number of aryl methyl sites for hydroxylation is 1. The molecule has 1 N–H and O–H groups in total. The Labute approximate surface area is 217 Å². The molecule has 1 atom stereocenters. The van der Waals surface area contributed by atoms with Gasteiger partial charge in [-0.25, -0.2) is 14.3 Å². The minimum absolute atomic E-state index is 0.0548. The molecule has 4 aromatic rings. The Morgan fingerprint density at radius 1 is 1.05 bits per heavy atom. The Hall–Kier alpha value is -3.52. The number of rotatable bonds is 5. The van der Waals surface area contributed by atoms with Gasteiger partial charge in [-0.1, -0.05) is 26.8 Å². The van der Waals surface area contributed by atoms with E-state index < -0.39 is 0 Å². The lowest BCUT2D eigenvalue weighted by molar-refractivity contribution is 0.359. The molecular weight excluding hydrogens is 462 g/mol. The summed E-state index contributed by atoms with van der Waals surface area (Å²) < 4.78 is 3.66. The predicted molar refractivity (Wildman–Crippen MR) is 147 cm³/mol. The fraction of sp³-hybridized carbons (Fsp3) is 0.448. The van der Waals surface area contributed by atoms with Crippen LogP contribution >= 0.6 is 0 Å². The molecule has 1 unspecified atom stereocenters. The zero-order valence-corrected chi connectivity index (χ0v) is 22.3. The third-order valence-electron chi connectivity index (χ3n) is 7.53. The molecule has 8 nitrogen and oxygen atoms in total. The van der Waals surface area contributed by atoms with Crippen LogP contribution in [0.2, 0.25) is 0 Å². The van der Waals surface area contributed by atoms with E-state index in [1.807, 2.05) is 30.7 Å². The van der Waals surface area contributed by atoms with Crippen molar-refractivity contribution in [1.29, 1.82) is 0 Å². The number of benzene rings is 1. The maximum atomic E-state index is 13.4. The number of fused-ring (bicyclic) bond motifs is 2. The SMILES string of the molecule is CC(C)n1c(=O)c2cnc(Nc3ccc4c(c3)CCC(N3CC3)C4)nc2n1-c1ccnc(C(C)(C)C)c1. The van der Waals surface area contributed by atoms with Gasteiger partial charge < -0.3 is 5.32 Å². The van der Waals surface area contributed by atoms with E-state index in [9.17, 15) is 4.79 Å². The van der Waals surface area contributed by atoms with Crippen molar-refractivity contribution < 1.29 is 0 Å². The lowest BCUT2D eigenvalue weighted by Gasteiger charge is -2.26. The number of nitrogens with zero attached hydrogens (tertiary/aromatic N) is 6. The predicted octanol–water partition coefficient (Wildman–Crippen LogP) is 4.77. The van der Waals surface area contributed by atoms with Crippen molar-refractivity contribution in [3.8, 4) is 5.69 Å². The summed E-state index contributed by atoms with van der Waals surface area (Å²) in [6, 6.07) is 11.2. The molecule has 8 heteroatoms. The summed E-state index contributed by atoms with van der Waals surface area (Å²) in [6.07, 6.45) is 6.89. The van der Waals surface area contributed by atoms with Gasteiger partial charge in [-0.3, -0.25) is 14.7 Å². The average molecular weight is 498 g/mol.